The van der Waals surface area contributed by atoms with Crippen LogP contribution in [0, 0.1) is 5.92 Å². The maximum atomic E-state index is 11.0. The average molecular weight is 327 g/mol. The van der Waals surface area contributed by atoms with Crippen LogP contribution in [0.4, 0.5) is 0 Å². The number of ether oxygens (including phenoxy) is 2. The second-order valence-electron chi connectivity index (χ2n) is 4.38. The molecule has 0 amide bonds. The summed E-state index contributed by atoms with van der Waals surface area (Å²) in [4.78, 5) is 11.0. The van der Waals surface area contributed by atoms with Crippen LogP contribution in [0.1, 0.15) is 26.3 Å². The molecule has 0 unspecified atom stereocenters. The van der Waals surface area contributed by atoms with E-state index in [-0.39, 0.29) is 5.92 Å². The standard InChI is InChI=1S/C15H19BrO3/c1-5-19-14-8-11(6-12(9-17)10(2)3)7-13(16)15(14)18-4/h6-10H,5H2,1-4H3. The van der Waals surface area contributed by atoms with Crippen LogP contribution >= 0.6 is 15.9 Å². The van der Waals surface area contributed by atoms with Gasteiger partial charge in [0.05, 0.1) is 18.2 Å². The Balaban J connectivity index is 3.27. The Morgan fingerprint density at radius 2 is 2.11 bits per heavy atom. The first-order chi connectivity index (χ1) is 9.03. The summed E-state index contributed by atoms with van der Waals surface area (Å²) in [6, 6.07) is 3.78. The summed E-state index contributed by atoms with van der Waals surface area (Å²) in [7, 11) is 1.60. The van der Waals surface area contributed by atoms with Gasteiger partial charge in [0.15, 0.2) is 11.5 Å². The van der Waals surface area contributed by atoms with E-state index in [1.165, 1.54) is 0 Å². The molecule has 0 saturated heterocycles. The van der Waals surface area contributed by atoms with Gasteiger partial charge >= 0.3 is 0 Å². The quantitative estimate of drug-likeness (QED) is 0.583. The average Bonchev–Trinajstić information content (AvgIpc) is 2.35. The minimum Gasteiger partial charge on any atom is -0.492 e. The number of rotatable bonds is 6. The van der Waals surface area contributed by atoms with Gasteiger partial charge in [0, 0.05) is 0 Å². The third-order valence-electron chi connectivity index (χ3n) is 2.67. The fourth-order valence-electron chi connectivity index (χ4n) is 1.66. The predicted molar refractivity (Wildman–Crippen MR) is 80.7 cm³/mol. The number of hydrogen-bond donors (Lipinski definition) is 0. The SMILES string of the molecule is CCOc1cc(C=C(C=O)C(C)C)cc(Br)c1OC. The first kappa shape index (κ1) is 15.8. The molecule has 3 nitrogen and oxygen atoms in total. The maximum absolute atomic E-state index is 11.0. The number of allylic oxidation sites excluding steroid dienone is 1. The van der Waals surface area contributed by atoms with Crippen molar-refractivity contribution < 1.29 is 14.3 Å². The molecular formula is C15H19BrO3. The third-order valence-corrected chi connectivity index (χ3v) is 3.26. The van der Waals surface area contributed by atoms with Crippen LogP contribution in [0.3, 0.4) is 0 Å². The lowest BCUT2D eigenvalue weighted by molar-refractivity contribution is -0.105. The summed E-state index contributed by atoms with van der Waals surface area (Å²) in [5, 5.41) is 0. The van der Waals surface area contributed by atoms with Crippen LogP contribution in [-0.4, -0.2) is 20.0 Å². The number of carbonyl (C=O) groups excluding carboxylic acids is 1. The van der Waals surface area contributed by atoms with E-state index in [2.05, 4.69) is 15.9 Å². The highest BCUT2D eigenvalue weighted by Crippen LogP contribution is 2.37. The number of hydrogen-bond acceptors (Lipinski definition) is 3. The second-order valence-corrected chi connectivity index (χ2v) is 5.24. The fourth-order valence-corrected chi connectivity index (χ4v) is 2.28. The highest BCUT2D eigenvalue weighted by Gasteiger charge is 2.11. The Bertz CT molecular complexity index is 479. The van der Waals surface area contributed by atoms with Crippen molar-refractivity contribution in [2.75, 3.05) is 13.7 Å². The van der Waals surface area contributed by atoms with Crippen molar-refractivity contribution in [2.24, 2.45) is 5.92 Å². The van der Waals surface area contributed by atoms with Gasteiger partial charge in [-0.15, -0.1) is 0 Å². The van der Waals surface area contributed by atoms with Gasteiger partial charge in [-0.2, -0.15) is 0 Å². The van der Waals surface area contributed by atoms with Crippen molar-refractivity contribution in [3.8, 4) is 11.5 Å². The van der Waals surface area contributed by atoms with E-state index in [0.717, 1.165) is 21.9 Å². The third kappa shape index (κ3) is 4.10. The first-order valence-corrected chi connectivity index (χ1v) is 6.99. The van der Waals surface area contributed by atoms with E-state index in [9.17, 15) is 4.79 Å². The van der Waals surface area contributed by atoms with E-state index in [1.54, 1.807) is 7.11 Å². The van der Waals surface area contributed by atoms with Crippen molar-refractivity contribution in [3.05, 3.63) is 27.7 Å². The summed E-state index contributed by atoms with van der Waals surface area (Å²) in [5.41, 5.74) is 1.66. The Morgan fingerprint density at radius 1 is 1.42 bits per heavy atom. The van der Waals surface area contributed by atoms with E-state index in [4.69, 9.17) is 9.47 Å². The maximum Gasteiger partial charge on any atom is 0.174 e. The van der Waals surface area contributed by atoms with Crippen LogP contribution in [0.25, 0.3) is 6.08 Å². The van der Waals surface area contributed by atoms with Crippen LogP contribution < -0.4 is 9.47 Å². The number of carbonyl (C=O) groups is 1. The molecule has 0 bridgehead atoms. The van der Waals surface area contributed by atoms with Crippen molar-refractivity contribution in [1.82, 2.24) is 0 Å². The number of benzene rings is 1. The van der Waals surface area contributed by atoms with Gasteiger partial charge in [-0.3, -0.25) is 4.79 Å². The van der Waals surface area contributed by atoms with Crippen LogP contribution in [-0.2, 0) is 4.79 Å². The molecule has 0 saturated carbocycles. The predicted octanol–water partition coefficient (Wildman–Crippen LogP) is 4.09. The lowest BCUT2D eigenvalue weighted by Crippen LogP contribution is -1.98. The Kier molecular flexibility index (Phi) is 6.09. The van der Waals surface area contributed by atoms with Gasteiger partial charge in [0.1, 0.15) is 6.29 Å². The zero-order chi connectivity index (χ0) is 14.4. The summed E-state index contributed by atoms with van der Waals surface area (Å²) >= 11 is 3.45. The van der Waals surface area contributed by atoms with Gasteiger partial charge in [-0.25, -0.2) is 0 Å². The van der Waals surface area contributed by atoms with E-state index >= 15 is 0 Å². The monoisotopic (exact) mass is 326 g/mol. The Hall–Kier alpha value is -1.29. The molecule has 0 heterocycles. The highest BCUT2D eigenvalue weighted by atomic mass is 79.9. The number of methoxy groups -OCH3 is 1. The van der Waals surface area contributed by atoms with Crippen LogP contribution in [0.2, 0.25) is 0 Å². The van der Waals surface area contributed by atoms with E-state index in [1.807, 2.05) is 39.0 Å². The number of aldehydes is 1. The number of halogens is 1. The molecular weight excluding hydrogens is 308 g/mol. The van der Waals surface area contributed by atoms with Gasteiger partial charge in [0.2, 0.25) is 0 Å². The summed E-state index contributed by atoms with van der Waals surface area (Å²) < 4.78 is 11.7. The molecule has 0 aliphatic carbocycles. The molecule has 0 aliphatic heterocycles. The van der Waals surface area contributed by atoms with E-state index in [0.29, 0.717) is 18.1 Å². The van der Waals surface area contributed by atoms with Gasteiger partial charge in [-0.1, -0.05) is 13.8 Å². The minimum atomic E-state index is 0.189. The highest BCUT2D eigenvalue weighted by molar-refractivity contribution is 9.10. The van der Waals surface area contributed by atoms with Crippen LogP contribution in [0.15, 0.2) is 22.2 Å². The van der Waals surface area contributed by atoms with Crippen molar-refractivity contribution in [3.63, 3.8) is 0 Å². The second kappa shape index (κ2) is 7.34. The summed E-state index contributed by atoms with van der Waals surface area (Å²) in [6.45, 7) is 6.45. The zero-order valence-corrected chi connectivity index (χ0v) is 13.3. The Morgan fingerprint density at radius 3 is 2.58 bits per heavy atom. The molecule has 4 heteroatoms. The molecule has 19 heavy (non-hydrogen) atoms. The molecule has 0 atom stereocenters. The molecule has 0 aliphatic rings. The topological polar surface area (TPSA) is 35.5 Å². The molecule has 0 aromatic heterocycles. The summed E-state index contributed by atoms with van der Waals surface area (Å²) in [5.74, 6) is 1.52. The zero-order valence-electron chi connectivity index (χ0n) is 11.7. The molecule has 1 aromatic rings. The Labute approximate surface area is 122 Å². The molecule has 104 valence electrons. The van der Waals surface area contributed by atoms with Crippen molar-refractivity contribution in [1.29, 1.82) is 0 Å². The molecule has 0 fully saturated rings. The molecule has 1 rings (SSSR count). The van der Waals surface area contributed by atoms with Gasteiger partial charge in [0.25, 0.3) is 0 Å². The lowest BCUT2D eigenvalue weighted by Gasteiger charge is -2.12. The van der Waals surface area contributed by atoms with Gasteiger partial charge < -0.3 is 9.47 Å². The fraction of sp³-hybridized carbons (Fsp3) is 0.400. The normalized spacial score (nSPS) is 11.6. The smallest absolute Gasteiger partial charge is 0.174 e. The van der Waals surface area contributed by atoms with E-state index < -0.39 is 0 Å². The van der Waals surface area contributed by atoms with Crippen LogP contribution in [0.5, 0.6) is 11.5 Å². The lowest BCUT2D eigenvalue weighted by atomic mass is 10.0. The van der Waals surface area contributed by atoms with Crippen molar-refractivity contribution >= 4 is 28.3 Å². The molecule has 0 radical (unpaired) electrons. The van der Waals surface area contributed by atoms with Crippen molar-refractivity contribution in [2.45, 2.75) is 20.8 Å². The molecule has 0 N–H and O–H groups in total. The first-order valence-electron chi connectivity index (χ1n) is 6.20. The largest absolute Gasteiger partial charge is 0.492 e. The minimum absolute atomic E-state index is 0.189. The molecule has 1 aromatic carbocycles. The summed E-state index contributed by atoms with van der Waals surface area (Å²) in [6.07, 6.45) is 2.76. The molecule has 0 spiro atoms. The van der Waals surface area contributed by atoms with Gasteiger partial charge in [-0.05, 0) is 58.1 Å².